The van der Waals surface area contributed by atoms with Crippen molar-refractivity contribution >= 4 is 29.1 Å². The van der Waals surface area contributed by atoms with Crippen LogP contribution in [0.4, 0.5) is 5.69 Å². The third-order valence-electron chi connectivity index (χ3n) is 9.61. The second-order valence-electron chi connectivity index (χ2n) is 12.9. The highest BCUT2D eigenvalue weighted by molar-refractivity contribution is 6.20. The Balaban J connectivity index is 1.39. The number of nitrogens with two attached hydrogens (primary N) is 1. The van der Waals surface area contributed by atoms with Gasteiger partial charge in [-0.25, -0.2) is 4.99 Å². The summed E-state index contributed by atoms with van der Waals surface area (Å²) < 4.78 is 0. The molecule has 7 nitrogen and oxygen atoms in total. The summed E-state index contributed by atoms with van der Waals surface area (Å²) in [6.07, 6.45) is 4.33. The predicted molar refractivity (Wildman–Crippen MR) is 191 cm³/mol. The Labute approximate surface area is 282 Å². The molecule has 4 aromatic carbocycles. The van der Waals surface area contributed by atoms with Crippen molar-refractivity contribution < 1.29 is 14.4 Å². The van der Waals surface area contributed by atoms with Crippen molar-refractivity contribution in [1.82, 2.24) is 5.32 Å². The molecule has 1 fully saturated rings. The van der Waals surface area contributed by atoms with E-state index < -0.39 is 29.8 Å². The van der Waals surface area contributed by atoms with Crippen molar-refractivity contribution in [3.8, 4) is 11.1 Å². The molecule has 1 heterocycles. The predicted octanol–water partition coefficient (Wildman–Crippen LogP) is 6.97. The fourth-order valence-electron chi connectivity index (χ4n) is 6.73. The lowest BCUT2D eigenvalue weighted by Crippen LogP contribution is -2.51. The van der Waals surface area contributed by atoms with E-state index in [1.807, 2.05) is 66.7 Å². The third kappa shape index (κ3) is 7.15. The van der Waals surface area contributed by atoms with E-state index in [9.17, 15) is 14.4 Å². The third-order valence-corrected chi connectivity index (χ3v) is 9.61. The van der Waals surface area contributed by atoms with Gasteiger partial charge in [0.25, 0.3) is 5.91 Å². The second-order valence-corrected chi connectivity index (χ2v) is 12.9. The standard InChI is InChI=1S/C41H42N4O3/c1-3-11-33(38(42)46)35(25-28-12-9-13-28)40(47)44-39-41(48)45(26-29-14-10-17-32(24-29)30-22-20-27(2)21-23-30)36-19-8-7-18-34(36)37(43-39)31-15-5-4-6-16-31/h3-8,10,14-24,28,33,35,39H,1,9,11-13,25-26H2,2H3,(H2,42,46)(H,44,47)/t33-,35+,39?/m0/s1. The van der Waals surface area contributed by atoms with Crippen molar-refractivity contribution in [1.29, 1.82) is 0 Å². The molecule has 4 aromatic rings. The first-order chi connectivity index (χ1) is 23.3. The Morgan fingerprint density at radius 1 is 0.917 bits per heavy atom. The van der Waals surface area contributed by atoms with Gasteiger partial charge in [-0.05, 0) is 54.5 Å². The SMILES string of the molecule is C=CC[C@H](C(N)=O)[C@@H](CC1CCC1)C(=O)NC1N=C(c2ccccc2)c2ccccc2N(Cc2cccc(-c3ccc(C)cc3)c2)C1=O. The minimum absolute atomic E-state index is 0.269. The summed E-state index contributed by atoms with van der Waals surface area (Å²) in [6.45, 7) is 6.13. The van der Waals surface area contributed by atoms with Gasteiger partial charge >= 0.3 is 0 Å². The average molecular weight is 639 g/mol. The lowest BCUT2D eigenvalue weighted by molar-refractivity contribution is -0.136. The van der Waals surface area contributed by atoms with E-state index in [1.165, 1.54) is 5.56 Å². The molecule has 1 aliphatic carbocycles. The van der Waals surface area contributed by atoms with Crippen molar-refractivity contribution in [3.05, 3.63) is 138 Å². The lowest BCUT2D eigenvalue weighted by Gasteiger charge is -2.33. The zero-order valence-corrected chi connectivity index (χ0v) is 27.3. The highest BCUT2D eigenvalue weighted by Crippen LogP contribution is 2.36. The van der Waals surface area contributed by atoms with Gasteiger partial charge < -0.3 is 16.0 Å². The van der Waals surface area contributed by atoms with Gasteiger partial charge in [0, 0.05) is 11.1 Å². The number of carbonyl (C=O) groups excluding carboxylic acids is 3. The summed E-state index contributed by atoms with van der Waals surface area (Å²) in [4.78, 5) is 48.1. The Bertz CT molecular complexity index is 1830. The number of benzene rings is 4. The highest BCUT2D eigenvalue weighted by Gasteiger charge is 2.39. The van der Waals surface area contributed by atoms with E-state index in [4.69, 9.17) is 10.7 Å². The summed E-state index contributed by atoms with van der Waals surface area (Å²) in [7, 11) is 0. The van der Waals surface area contributed by atoms with Gasteiger partial charge in [-0.1, -0.05) is 122 Å². The van der Waals surface area contributed by atoms with Gasteiger partial charge in [0.1, 0.15) is 0 Å². The summed E-state index contributed by atoms with van der Waals surface area (Å²) >= 11 is 0. The van der Waals surface area contributed by atoms with Crippen LogP contribution in [0.3, 0.4) is 0 Å². The molecule has 1 aliphatic heterocycles. The van der Waals surface area contributed by atoms with Crippen molar-refractivity contribution in [3.63, 3.8) is 0 Å². The molecule has 48 heavy (non-hydrogen) atoms. The van der Waals surface area contributed by atoms with E-state index in [0.717, 1.165) is 47.1 Å². The van der Waals surface area contributed by atoms with Gasteiger partial charge in [-0.2, -0.15) is 0 Å². The zero-order chi connectivity index (χ0) is 33.6. The molecule has 6 rings (SSSR count). The van der Waals surface area contributed by atoms with Crippen LogP contribution >= 0.6 is 0 Å². The van der Waals surface area contributed by atoms with Crippen LogP contribution in [-0.4, -0.2) is 29.6 Å². The van der Waals surface area contributed by atoms with E-state index in [0.29, 0.717) is 23.7 Å². The molecule has 3 amide bonds. The lowest BCUT2D eigenvalue weighted by atomic mass is 9.74. The van der Waals surface area contributed by atoms with Crippen LogP contribution in [0.15, 0.2) is 121 Å². The fraction of sp³-hybridized carbons (Fsp3) is 0.268. The normalized spacial score (nSPS) is 17.3. The van der Waals surface area contributed by atoms with E-state index in [1.54, 1.807) is 11.0 Å². The Hall–Kier alpha value is -5.30. The maximum absolute atomic E-state index is 14.7. The number of rotatable bonds is 12. The van der Waals surface area contributed by atoms with Gasteiger partial charge in [-0.15, -0.1) is 6.58 Å². The Morgan fingerprint density at radius 3 is 2.31 bits per heavy atom. The number of fused-ring (bicyclic) bond motifs is 1. The number of aliphatic imine (C=N–C) groups is 1. The largest absolute Gasteiger partial charge is 0.369 e. The minimum Gasteiger partial charge on any atom is -0.369 e. The fourth-order valence-corrected chi connectivity index (χ4v) is 6.73. The molecule has 0 bridgehead atoms. The molecule has 0 spiro atoms. The topological polar surface area (TPSA) is 105 Å². The number of hydrogen-bond acceptors (Lipinski definition) is 4. The van der Waals surface area contributed by atoms with E-state index in [2.05, 4.69) is 55.2 Å². The molecule has 3 N–H and O–H groups in total. The highest BCUT2D eigenvalue weighted by atomic mass is 16.2. The van der Waals surface area contributed by atoms with Crippen LogP contribution in [-0.2, 0) is 20.9 Å². The first kappa shape index (κ1) is 32.6. The molecular formula is C41H42N4O3. The first-order valence-corrected chi connectivity index (χ1v) is 16.7. The van der Waals surface area contributed by atoms with Crippen LogP contribution < -0.4 is 16.0 Å². The molecule has 1 unspecified atom stereocenters. The molecule has 1 saturated carbocycles. The number of nitrogens with one attached hydrogen (secondary N) is 1. The van der Waals surface area contributed by atoms with E-state index in [-0.39, 0.29) is 18.9 Å². The molecular weight excluding hydrogens is 596 g/mol. The molecule has 0 saturated heterocycles. The molecule has 7 heteroatoms. The molecule has 0 aromatic heterocycles. The van der Waals surface area contributed by atoms with Crippen LogP contribution in [0, 0.1) is 24.7 Å². The zero-order valence-electron chi connectivity index (χ0n) is 27.3. The van der Waals surface area contributed by atoms with Crippen LogP contribution in [0.1, 0.15) is 54.4 Å². The number of anilines is 1. The van der Waals surface area contributed by atoms with Gasteiger partial charge in [0.15, 0.2) is 0 Å². The smallest absolute Gasteiger partial charge is 0.272 e. The minimum atomic E-state index is -1.22. The number of hydrogen-bond donors (Lipinski definition) is 2. The number of benzodiazepines with no additional fused rings is 1. The molecule has 2 aliphatic rings. The van der Waals surface area contributed by atoms with Crippen molar-refractivity contribution in [2.24, 2.45) is 28.5 Å². The second kappa shape index (κ2) is 14.6. The summed E-state index contributed by atoms with van der Waals surface area (Å²) in [5, 5.41) is 2.99. The molecule has 0 radical (unpaired) electrons. The number of amides is 3. The Kier molecular flexibility index (Phi) is 9.95. The number of carbonyl (C=O) groups is 3. The van der Waals surface area contributed by atoms with Crippen LogP contribution in [0.25, 0.3) is 11.1 Å². The number of para-hydroxylation sites is 1. The van der Waals surface area contributed by atoms with Crippen molar-refractivity contribution in [2.75, 3.05) is 4.90 Å². The number of primary amides is 1. The number of allylic oxidation sites excluding steroid dienone is 1. The quantitative estimate of drug-likeness (QED) is 0.164. The average Bonchev–Trinajstić information content (AvgIpc) is 3.18. The van der Waals surface area contributed by atoms with Gasteiger partial charge in [-0.3, -0.25) is 14.4 Å². The van der Waals surface area contributed by atoms with Crippen molar-refractivity contribution in [2.45, 2.75) is 51.7 Å². The van der Waals surface area contributed by atoms with Crippen LogP contribution in [0.2, 0.25) is 0 Å². The summed E-state index contributed by atoms with van der Waals surface area (Å²) in [5.74, 6) is -2.38. The van der Waals surface area contributed by atoms with Gasteiger partial charge in [0.05, 0.1) is 29.8 Å². The molecule has 244 valence electrons. The first-order valence-electron chi connectivity index (χ1n) is 16.7. The maximum atomic E-state index is 14.7. The molecule has 3 atom stereocenters. The monoisotopic (exact) mass is 638 g/mol. The summed E-state index contributed by atoms with van der Waals surface area (Å²) in [5.41, 5.74) is 13.0. The van der Waals surface area contributed by atoms with E-state index >= 15 is 0 Å². The van der Waals surface area contributed by atoms with Crippen LogP contribution in [0.5, 0.6) is 0 Å². The number of aryl methyl sites for hydroxylation is 1. The van der Waals surface area contributed by atoms with Gasteiger partial charge in [0.2, 0.25) is 18.0 Å². The number of nitrogens with zero attached hydrogens (tertiary/aromatic N) is 2. The Morgan fingerprint density at radius 2 is 1.62 bits per heavy atom. The maximum Gasteiger partial charge on any atom is 0.272 e. The summed E-state index contributed by atoms with van der Waals surface area (Å²) in [6, 6.07) is 33.9.